The Morgan fingerprint density at radius 1 is 0.803 bits per heavy atom. The molecule has 0 saturated heterocycles. The normalized spacial score (nSPS) is 13.2. The molecule has 0 aliphatic carbocycles. The van der Waals surface area contributed by atoms with Crippen LogP contribution in [0.1, 0.15) is 89.8 Å². The summed E-state index contributed by atoms with van der Waals surface area (Å²) in [4.78, 5) is 74.1. The van der Waals surface area contributed by atoms with Gasteiger partial charge in [-0.25, -0.2) is 29.7 Å². The molecule has 1 aromatic carbocycles. The van der Waals surface area contributed by atoms with E-state index in [1.54, 1.807) is 61.1 Å². The van der Waals surface area contributed by atoms with Crippen LogP contribution >= 0.6 is 0 Å². The number of ketones is 1. The lowest BCUT2D eigenvalue weighted by atomic mass is 9.88. The molecule has 0 spiro atoms. The number of Topliss-reactive ketones (excluding diaryl/α,β-unsaturated/α-hetero) is 1. The zero-order valence-corrected chi connectivity index (χ0v) is 40.5. The molecule has 6 rings (SSSR count). The fraction of sp³-hybridized carbons (Fsp3) is 0.412. The van der Waals surface area contributed by atoms with Crippen LogP contribution in [0.4, 0.5) is 5.82 Å². The van der Waals surface area contributed by atoms with Gasteiger partial charge in [-0.2, -0.15) is 5.26 Å². The first-order valence-electron chi connectivity index (χ1n) is 23.1. The Labute approximate surface area is 412 Å². The van der Waals surface area contributed by atoms with Crippen LogP contribution < -0.4 is 25.0 Å². The standard InChI is InChI=1S/C51H59N9O11/c1-50(2,3)16-15-41(48(64)65)59-47(63)35-11-14-43(55-30-35)71-38-10-6-8-34(28-38)46(62)54-18-19-66-20-21-67-22-23-68-24-25-69-26-27-70-49-56-31-37(32-57-49)40-13-12-39-44(61)51(4,5)60(45(39)58-40)33-36-9-7-17-53-42(36)29-52/h6-14,17,28,30-32,41H,15-16,18-27,33H2,1-5H3,(H,54,62)(H,59,63)(H,64,65)/t41-/m0/s1. The van der Waals surface area contributed by atoms with Crippen molar-refractivity contribution in [2.75, 3.05) is 70.9 Å². The molecule has 1 aliphatic rings. The minimum atomic E-state index is -1.10. The molecule has 20 heteroatoms. The Hall–Kier alpha value is -7.44. The van der Waals surface area contributed by atoms with Crippen LogP contribution in [0.15, 0.2) is 85.5 Å². The lowest BCUT2D eigenvalue weighted by molar-refractivity contribution is -0.139. The maximum absolute atomic E-state index is 13.3. The van der Waals surface area contributed by atoms with Gasteiger partial charge in [0, 0.05) is 60.6 Å². The molecule has 4 aromatic heterocycles. The van der Waals surface area contributed by atoms with E-state index in [-0.39, 0.29) is 60.9 Å². The summed E-state index contributed by atoms with van der Waals surface area (Å²) in [6.45, 7) is 13.2. The lowest BCUT2D eigenvalue weighted by Gasteiger charge is -2.32. The fourth-order valence-corrected chi connectivity index (χ4v) is 7.11. The van der Waals surface area contributed by atoms with Crippen molar-refractivity contribution < 1.29 is 52.7 Å². The Kier molecular flexibility index (Phi) is 19.0. The highest BCUT2D eigenvalue weighted by Gasteiger charge is 2.45. The number of amides is 2. The van der Waals surface area contributed by atoms with Gasteiger partial charge in [0.25, 0.3) is 11.8 Å². The minimum absolute atomic E-state index is 0.0570. The topological polar surface area (TPSA) is 259 Å². The van der Waals surface area contributed by atoms with Gasteiger partial charge in [0.2, 0.25) is 5.88 Å². The van der Waals surface area contributed by atoms with E-state index >= 15 is 0 Å². The first-order chi connectivity index (χ1) is 34.1. The van der Waals surface area contributed by atoms with E-state index in [4.69, 9.17) is 33.4 Å². The number of hydrogen-bond acceptors (Lipinski definition) is 17. The van der Waals surface area contributed by atoms with Crippen LogP contribution in [0, 0.1) is 16.7 Å². The van der Waals surface area contributed by atoms with Crippen LogP contribution in [0.25, 0.3) is 11.3 Å². The summed E-state index contributed by atoms with van der Waals surface area (Å²) in [5.74, 6) is -0.953. The van der Waals surface area contributed by atoms with Gasteiger partial charge >= 0.3 is 12.0 Å². The Bertz CT molecular complexity index is 2640. The summed E-state index contributed by atoms with van der Waals surface area (Å²) in [7, 11) is 0. The molecule has 0 unspecified atom stereocenters. The number of carbonyl (C=O) groups is 4. The molecule has 2 amide bonds. The molecule has 5 heterocycles. The molecular formula is C51H59N9O11. The first kappa shape index (κ1) is 52.9. The molecule has 3 N–H and O–H groups in total. The summed E-state index contributed by atoms with van der Waals surface area (Å²) in [6.07, 6.45) is 7.00. The van der Waals surface area contributed by atoms with Gasteiger partial charge < -0.3 is 49.1 Å². The number of anilines is 1. The maximum atomic E-state index is 13.3. The number of nitrogens with one attached hydrogen (secondary N) is 2. The van der Waals surface area contributed by atoms with E-state index in [0.717, 1.165) is 0 Å². The van der Waals surface area contributed by atoms with Crippen molar-refractivity contribution >= 4 is 29.4 Å². The number of nitriles is 1. The molecule has 0 fully saturated rings. The number of aromatic nitrogens is 5. The Balaban J connectivity index is 0.778. The van der Waals surface area contributed by atoms with E-state index < -0.39 is 23.5 Å². The molecular weight excluding hydrogens is 915 g/mol. The van der Waals surface area contributed by atoms with Crippen LogP contribution in [0.3, 0.4) is 0 Å². The number of carboxylic acids is 1. The van der Waals surface area contributed by atoms with Gasteiger partial charge in [-0.3, -0.25) is 14.4 Å². The average Bonchev–Trinajstić information content (AvgIpc) is 3.54. The SMILES string of the molecule is CC(C)(C)CC[C@H](NC(=O)c1ccc(Oc2cccc(C(=O)NCCOCCOCCOCCOCCOc3ncc(-c4ccc5c(n4)N(Cc4cccnc4C#N)C(C)(C)C5=O)cn3)c2)nc1)C(=O)O. The summed E-state index contributed by atoms with van der Waals surface area (Å²) in [5, 5.41) is 24.5. The van der Waals surface area contributed by atoms with Crippen LogP contribution in [-0.2, 0) is 30.3 Å². The maximum Gasteiger partial charge on any atom is 0.326 e. The van der Waals surface area contributed by atoms with Crippen molar-refractivity contribution in [3.05, 3.63) is 113 Å². The van der Waals surface area contributed by atoms with Crippen LogP contribution in [0.5, 0.6) is 17.6 Å². The van der Waals surface area contributed by atoms with Crippen molar-refractivity contribution in [3.63, 3.8) is 0 Å². The van der Waals surface area contributed by atoms with Crippen molar-refractivity contribution in [2.45, 2.75) is 65.6 Å². The lowest BCUT2D eigenvalue weighted by Crippen LogP contribution is -2.44. The zero-order valence-electron chi connectivity index (χ0n) is 40.5. The fourth-order valence-electron chi connectivity index (χ4n) is 7.11. The third-order valence-corrected chi connectivity index (χ3v) is 11.1. The second-order valence-electron chi connectivity index (χ2n) is 18.0. The molecule has 0 radical (unpaired) electrons. The van der Waals surface area contributed by atoms with Gasteiger partial charge in [0.05, 0.1) is 75.2 Å². The average molecular weight is 974 g/mol. The molecule has 71 heavy (non-hydrogen) atoms. The van der Waals surface area contributed by atoms with Crippen molar-refractivity contribution in [3.8, 4) is 35.0 Å². The van der Waals surface area contributed by atoms with Crippen LogP contribution in [-0.4, -0.2) is 131 Å². The van der Waals surface area contributed by atoms with Crippen molar-refractivity contribution in [1.82, 2.24) is 35.6 Å². The predicted octanol–water partition coefficient (Wildman–Crippen LogP) is 5.86. The molecule has 5 aromatic rings. The number of hydrogen-bond donors (Lipinski definition) is 3. The van der Waals surface area contributed by atoms with E-state index in [0.29, 0.717) is 104 Å². The summed E-state index contributed by atoms with van der Waals surface area (Å²) < 4.78 is 33.7. The summed E-state index contributed by atoms with van der Waals surface area (Å²) >= 11 is 0. The van der Waals surface area contributed by atoms with Crippen molar-refractivity contribution in [2.24, 2.45) is 5.41 Å². The van der Waals surface area contributed by atoms with Gasteiger partial charge in [0.1, 0.15) is 36.0 Å². The molecule has 1 atom stereocenters. The van der Waals surface area contributed by atoms with Crippen LogP contribution in [0.2, 0.25) is 0 Å². The molecule has 0 saturated carbocycles. The number of ether oxygens (including phenoxy) is 6. The second kappa shape index (κ2) is 25.4. The van der Waals surface area contributed by atoms with Crippen molar-refractivity contribution in [1.29, 1.82) is 5.26 Å². The molecule has 0 bridgehead atoms. The second-order valence-corrected chi connectivity index (χ2v) is 18.0. The number of pyridine rings is 3. The largest absolute Gasteiger partial charge is 0.480 e. The quantitative estimate of drug-likeness (QED) is 0.0521. The number of carbonyl (C=O) groups excluding carboxylic acids is 3. The third-order valence-electron chi connectivity index (χ3n) is 11.1. The van der Waals surface area contributed by atoms with Gasteiger partial charge in [0.15, 0.2) is 5.78 Å². The number of aliphatic carboxylic acids is 1. The van der Waals surface area contributed by atoms with E-state index in [1.807, 2.05) is 45.6 Å². The highest BCUT2D eigenvalue weighted by molar-refractivity contribution is 6.13. The minimum Gasteiger partial charge on any atom is -0.480 e. The highest BCUT2D eigenvalue weighted by Crippen LogP contribution is 2.40. The Morgan fingerprint density at radius 2 is 1.49 bits per heavy atom. The molecule has 1 aliphatic heterocycles. The highest BCUT2D eigenvalue weighted by atomic mass is 16.6. The number of rotatable bonds is 27. The van der Waals surface area contributed by atoms with E-state index in [2.05, 4.69) is 36.6 Å². The third kappa shape index (κ3) is 15.5. The van der Waals surface area contributed by atoms with Gasteiger partial charge in [-0.05, 0) is 74.6 Å². The first-order valence-corrected chi connectivity index (χ1v) is 23.1. The predicted molar refractivity (Wildman–Crippen MR) is 258 cm³/mol. The van der Waals surface area contributed by atoms with Gasteiger partial charge in [-0.15, -0.1) is 0 Å². The van der Waals surface area contributed by atoms with Gasteiger partial charge in [-0.1, -0.05) is 32.9 Å². The Morgan fingerprint density at radius 3 is 2.14 bits per heavy atom. The van der Waals surface area contributed by atoms with E-state index in [1.165, 1.54) is 18.3 Å². The smallest absolute Gasteiger partial charge is 0.326 e. The molecule has 374 valence electrons. The monoisotopic (exact) mass is 973 g/mol. The number of fused-ring (bicyclic) bond motifs is 1. The number of carboxylic acid groups (broad SMARTS) is 1. The summed E-state index contributed by atoms with van der Waals surface area (Å²) in [6, 6.07) is 17.9. The molecule has 20 nitrogen and oxygen atoms in total. The number of nitrogens with zero attached hydrogens (tertiary/aromatic N) is 7. The van der Waals surface area contributed by atoms with E-state index in [9.17, 15) is 29.5 Å². The zero-order chi connectivity index (χ0) is 50.8. The number of benzene rings is 1. The summed E-state index contributed by atoms with van der Waals surface area (Å²) in [5.41, 5.74) is 2.34.